The van der Waals surface area contributed by atoms with E-state index in [1.807, 2.05) is 0 Å². The summed E-state index contributed by atoms with van der Waals surface area (Å²) in [7, 11) is 0. The summed E-state index contributed by atoms with van der Waals surface area (Å²) in [6.45, 7) is -12.2. The van der Waals surface area contributed by atoms with E-state index in [-0.39, 0.29) is 38.8 Å². The zero-order chi connectivity index (χ0) is 40.0. The highest BCUT2D eigenvalue weighted by Gasteiger charge is 2.61. The van der Waals surface area contributed by atoms with Gasteiger partial charge in [0.25, 0.3) is 0 Å². The molecule has 3 aliphatic heterocycles. The Bertz CT molecular complexity index is 1670. The van der Waals surface area contributed by atoms with Gasteiger partial charge < -0.3 is 30.1 Å². The molecule has 4 aliphatic rings. The lowest BCUT2D eigenvalue weighted by Gasteiger charge is -2.30. The predicted octanol–water partition coefficient (Wildman–Crippen LogP) is 3.62. The van der Waals surface area contributed by atoms with Gasteiger partial charge in [0.1, 0.15) is 35.1 Å². The Morgan fingerprint density at radius 2 is 1.98 bits per heavy atom. The molecule has 5 unspecified atom stereocenters. The minimum atomic E-state index is -3.99. The third-order valence-electron chi connectivity index (χ3n) is 8.61. The lowest BCUT2D eigenvalue weighted by molar-refractivity contribution is -0.145. The van der Waals surface area contributed by atoms with Crippen LogP contribution in [0.2, 0.25) is 0 Å². The number of alkyl carbamates (subject to hydrolysis) is 1. The molecule has 1 saturated heterocycles. The number of carboxylic acid groups (broad SMARTS) is 1. The molecule has 1 saturated carbocycles. The van der Waals surface area contributed by atoms with Crippen LogP contribution in [0.4, 0.5) is 14.0 Å². The molecule has 0 radical (unpaired) electrons. The van der Waals surface area contributed by atoms with Gasteiger partial charge in [-0.15, -0.1) is 0 Å². The average molecular weight is 638 g/mol. The molecule has 3 heterocycles. The van der Waals surface area contributed by atoms with Crippen LogP contribution >= 0.6 is 0 Å². The second-order valence-corrected chi connectivity index (χ2v) is 11.9. The van der Waals surface area contributed by atoms with Crippen molar-refractivity contribution >= 4 is 30.0 Å². The van der Waals surface area contributed by atoms with Gasteiger partial charge in [0.15, 0.2) is 0 Å². The number of aliphatic carboxylic acids is 1. The second kappa shape index (κ2) is 12.7. The number of halogens is 1. The number of carboxylic acids is 1. The minimum Gasteiger partial charge on any atom is -0.479 e. The number of rotatable bonds is 3. The molecule has 12 nitrogen and oxygen atoms in total. The molecule has 0 spiro atoms. The van der Waals surface area contributed by atoms with Gasteiger partial charge in [0, 0.05) is 36.8 Å². The molecule has 1 aliphatic carbocycles. The Balaban J connectivity index is 1.43. The van der Waals surface area contributed by atoms with Crippen molar-refractivity contribution in [3.8, 4) is 0 Å². The quantitative estimate of drug-likeness (QED) is 0.425. The van der Waals surface area contributed by atoms with Crippen molar-refractivity contribution in [2.45, 2.75) is 108 Å². The molecule has 1 aromatic rings. The molecule has 244 valence electrons. The molecule has 5 atom stereocenters. The maximum Gasteiger partial charge on any atom is 0.410 e. The summed E-state index contributed by atoms with van der Waals surface area (Å²) in [4.78, 5) is 69.3. The molecule has 0 bridgehead atoms. The maximum absolute atomic E-state index is 14.4. The topological polar surface area (TPSA) is 155 Å². The van der Waals surface area contributed by atoms with Gasteiger partial charge in [0.2, 0.25) is 11.8 Å². The van der Waals surface area contributed by atoms with Crippen molar-refractivity contribution in [1.29, 1.82) is 0 Å². The van der Waals surface area contributed by atoms with Gasteiger partial charge in [-0.05, 0) is 57.9 Å². The number of benzene rings is 1. The molecule has 5 rings (SSSR count). The second-order valence-electron chi connectivity index (χ2n) is 11.9. The van der Waals surface area contributed by atoms with Crippen molar-refractivity contribution in [1.82, 2.24) is 20.4 Å². The molecule has 0 aromatic heterocycles. The van der Waals surface area contributed by atoms with Gasteiger partial charge in [-0.2, -0.15) is 0 Å². The normalized spacial score (nSPS) is 33.0. The SMILES string of the molecule is [2H]C([2H])([2H])C(OC(=O)NC1CCCCC/C=C/C2CC2(C(=O)O)NC(=O)C2CC(OC(=O)N3Cc4cccc(F)c4C3)CN2C1=O)(C([2H])([2H])[2H])C([2H])([2H])[2H]. The first kappa shape index (κ1) is 22.4. The van der Waals surface area contributed by atoms with E-state index in [1.54, 1.807) is 18.2 Å². The molecule has 1 aromatic carbocycles. The third kappa shape index (κ3) is 7.23. The van der Waals surface area contributed by atoms with Crippen molar-refractivity contribution in [3.63, 3.8) is 0 Å². The number of hydrogen-bond acceptors (Lipinski definition) is 7. The molecule has 45 heavy (non-hydrogen) atoms. The van der Waals surface area contributed by atoms with Crippen molar-refractivity contribution in [2.75, 3.05) is 6.54 Å². The van der Waals surface area contributed by atoms with Crippen LogP contribution < -0.4 is 10.6 Å². The highest BCUT2D eigenvalue weighted by Crippen LogP contribution is 2.45. The Hall–Kier alpha value is -4.16. The average Bonchev–Trinajstić information content (AvgIpc) is 3.35. The van der Waals surface area contributed by atoms with Gasteiger partial charge in [-0.3, -0.25) is 14.5 Å². The van der Waals surface area contributed by atoms with E-state index in [2.05, 4.69) is 10.6 Å². The fourth-order valence-corrected chi connectivity index (χ4v) is 6.18. The first-order chi connectivity index (χ1) is 25.0. The number of carbonyl (C=O) groups is 5. The van der Waals surface area contributed by atoms with E-state index < -0.39 is 98.1 Å². The zero-order valence-electron chi connectivity index (χ0n) is 33.3. The third-order valence-corrected chi connectivity index (χ3v) is 8.61. The summed E-state index contributed by atoms with van der Waals surface area (Å²) in [5, 5.41) is 14.7. The van der Waals surface area contributed by atoms with Crippen molar-refractivity contribution < 1.29 is 55.3 Å². The number of amides is 4. The smallest absolute Gasteiger partial charge is 0.410 e. The fourth-order valence-electron chi connectivity index (χ4n) is 6.18. The molecule has 13 heteroatoms. The lowest BCUT2D eigenvalue weighted by Crippen LogP contribution is -2.56. The van der Waals surface area contributed by atoms with E-state index in [0.717, 1.165) is 4.90 Å². The first-order valence-electron chi connectivity index (χ1n) is 19.3. The van der Waals surface area contributed by atoms with Gasteiger partial charge in [0.05, 0.1) is 13.1 Å². The summed E-state index contributed by atoms with van der Waals surface area (Å²) in [5.74, 6) is -4.24. The number of fused-ring (bicyclic) bond motifs is 3. The van der Waals surface area contributed by atoms with Crippen LogP contribution in [0.15, 0.2) is 30.4 Å². The van der Waals surface area contributed by atoms with Gasteiger partial charge in [-0.25, -0.2) is 18.8 Å². The molecular formula is C32H41FN4O8. The Kier molecular flexibility index (Phi) is 6.30. The Labute approximate surface area is 273 Å². The summed E-state index contributed by atoms with van der Waals surface area (Å²) in [6, 6.07) is 1.30. The van der Waals surface area contributed by atoms with E-state index in [1.165, 1.54) is 17.0 Å². The predicted molar refractivity (Wildman–Crippen MR) is 158 cm³/mol. The van der Waals surface area contributed by atoms with Crippen LogP contribution in [-0.4, -0.2) is 80.7 Å². The number of carbonyl (C=O) groups excluding carboxylic acids is 4. The largest absolute Gasteiger partial charge is 0.479 e. The molecular weight excluding hydrogens is 587 g/mol. The molecule has 2 fully saturated rings. The maximum atomic E-state index is 14.4. The summed E-state index contributed by atoms with van der Waals surface area (Å²) in [5.41, 5.74) is -4.80. The number of nitrogens with zero attached hydrogens (tertiary/aromatic N) is 2. The Morgan fingerprint density at radius 1 is 1.18 bits per heavy atom. The van der Waals surface area contributed by atoms with Crippen molar-refractivity contribution in [2.24, 2.45) is 5.92 Å². The van der Waals surface area contributed by atoms with Gasteiger partial charge >= 0.3 is 18.2 Å². The zero-order valence-corrected chi connectivity index (χ0v) is 24.3. The van der Waals surface area contributed by atoms with Gasteiger partial charge in [-0.1, -0.05) is 37.1 Å². The van der Waals surface area contributed by atoms with Crippen LogP contribution in [0.1, 0.15) is 89.0 Å². The minimum absolute atomic E-state index is 0.0274. The summed E-state index contributed by atoms with van der Waals surface area (Å²) < 4.78 is 94.8. The summed E-state index contributed by atoms with van der Waals surface area (Å²) >= 11 is 0. The van der Waals surface area contributed by atoms with Crippen LogP contribution in [0, 0.1) is 11.7 Å². The monoisotopic (exact) mass is 637 g/mol. The van der Waals surface area contributed by atoms with Crippen LogP contribution in [-0.2, 0) is 36.9 Å². The van der Waals surface area contributed by atoms with Crippen LogP contribution in [0.3, 0.4) is 0 Å². The molecule has 3 N–H and O–H groups in total. The first-order valence-corrected chi connectivity index (χ1v) is 14.8. The highest BCUT2D eigenvalue weighted by molar-refractivity contribution is 5.96. The summed E-state index contributed by atoms with van der Waals surface area (Å²) in [6.07, 6.45) is 1.01. The lowest BCUT2D eigenvalue weighted by atomic mass is 10.0. The van der Waals surface area contributed by atoms with E-state index >= 15 is 0 Å². The van der Waals surface area contributed by atoms with Crippen molar-refractivity contribution in [3.05, 3.63) is 47.3 Å². The van der Waals surface area contributed by atoms with Crippen LogP contribution in [0.25, 0.3) is 0 Å². The molecule has 4 amide bonds. The van der Waals surface area contributed by atoms with E-state index in [9.17, 15) is 33.5 Å². The highest BCUT2D eigenvalue weighted by atomic mass is 19.1. The number of allylic oxidation sites excluding steroid dienone is 1. The van der Waals surface area contributed by atoms with E-state index in [0.29, 0.717) is 30.4 Å². The van der Waals surface area contributed by atoms with Crippen LogP contribution in [0.5, 0.6) is 0 Å². The number of ether oxygens (including phenoxy) is 2. The van der Waals surface area contributed by atoms with E-state index in [4.69, 9.17) is 21.8 Å². The Morgan fingerprint density at radius 3 is 2.71 bits per heavy atom. The number of hydrogen-bond donors (Lipinski definition) is 3. The number of nitrogens with one attached hydrogen (secondary N) is 2. The standard InChI is InChI=1S/C32H41FN4O8/c1-31(2,3)45-29(42)34-24-13-8-6-4-5-7-11-20-15-32(20,28(40)41)35-26(38)25-14-21(17-37(25)27(24)39)44-30(43)36-16-19-10-9-12-23(33)22(19)18-36/h7,9-12,20-21,24-25H,4-6,8,13-18H2,1-3H3,(H,34,42)(H,35,38)(H,40,41)/b11-7+/i1D3,2D3,3D3. The fraction of sp³-hybridized carbons (Fsp3) is 0.594.